The first-order valence-corrected chi connectivity index (χ1v) is 7.41. The first-order chi connectivity index (χ1) is 9.73. The third-order valence-corrected chi connectivity index (χ3v) is 3.56. The van der Waals surface area contributed by atoms with Crippen molar-refractivity contribution in [2.45, 2.75) is 52.5 Å². The molecule has 0 fully saturated rings. The van der Waals surface area contributed by atoms with Crippen LogP contribution in [0.2, 0.25) is 0 Å². The number of aliphatic hydroxyl groups is 1. The zero-order valence-electron chi connectivity index (χ0n) is 12.8. The molecule has 20 heavy (non-hydrogen) atoms. The number of hydrogen-bond acceptors (Lipinski definition) is 6. The molecule has 1 aromatic rings. The molecule has 0 saturated heterocycles. The lowest BCUT2D eigenvalue weighted by Crippen LogP contribution is -2.38. The topological polar surface area (TPSA) is 87.3 Å². The Balaban J connectivity index is 3.23. The van der Waals surface area contributed by atoms with E-state index in [4.69, 9.17) is 5.84 Å². The molecule has 0 amide bonds. The Hall–Kier alpha value is -1.40. The van der Waals surface area contributed by atoms with Gasteiger partial charge in [0.05, 0.1) is 6.61 Å². The molecule has 6 heteroatoms. The Morgan fingerprint density at radius 3 is 2.50 bits per heavy atom. The summed E-state index contributed by atoms with van der Waals surface area (Å²) in [4.78, 5) is 10.8. The van der Waals surface area contributed by atoms with Crippen LogP contribution in [0.1, 0.15) is 45.6 Å². The van der Waals surface area contributed by atoms with E-state index in [1.807, 2.05) is 0 Å². The minimum absolute atomic E-state index is 0.109. The number of nitrogens with two attached hydrogens (primary N) is 1. The van der Waals surface area contributed by atoms with E-state index < -0.39 is 0 Å². The van der Waals surface area contributed by atoms with E-state index >= 15 is 0 Å². The molecule has 0 aromatic carbocycles. The lowest BCUT2D eigenvalue weighted by atomic mass is 10.1. The maximum atomic E-state index is 9.36. The van der Waals surface area contributed by atoms with Crippen LogP contribution in [0.4, 0.5) is 11.6 Å². The van der Waals surface area contributed by atoms with Crippen LogP contribution in [0.3, 0.4) is 0 Å². The Labute approximate surface area is 121 Å². The summed E-state index contributed by atoms with van der Waals surface area (Å²) < 4.78 is 0. The summed E-state index contributed by atoms with van der Waals surface area (Å²) >= 11 is 0. The van der Waals surface area contributed by atoms with Gasteiger partial charge in [0.2, 0.25) is 0 Å². The quantitative estimate of drug-likeness (QED) is 0.472. The predicted octanol–water partition coefficient (Wildman–Crippen LogP) is 1.70. The van der Waals surface area contributed by atoms with Crippen molar-refractivity contribution in [2.24, 2.45) is 5.84 Å². The van der Waals surface area contributed by atoms with Gasteiger partial charge in [0.1, 0.15) is 18.0 Å². The number of nitrogen functional groups attached to an aromatic ring is 1. The molecule has 0 aliphatic heterocycles. The SMILES string of the molecule is CCCc1c(NN)ncnc1N(CCO)C(CC)CC. The first kappa shape index (κ1) is 16.7. The van der Waals surface area contributed by atoms with Gasteiger partial charge in [0.25, 0.3) is 0 Å². The van der Waals surface area contributed by atoms with Crippen LogP contribution < -0.4 is 16.2 Å². The van der Waals surface area contributed by atoms with Crippen molar-refractivity contribution < 1.29 is 5.11 Å². The van der Waals surface area contributed by atoms with Gasteiger partial charge in [-0.3, -0.25) is 0 Å². The number of hydrazine groups is 1. The lowest BCUT2D eigenvalue weighted by molar-refractivity contribution is 0.295. The van der Waals surface area contributed by atoms with Gasteiger partial charge in [-0.25, -0.2) is 15.8 Å². The van der Waals surface area contributed by atoms with E-state index in [0.29, 0.717) is 18.4 Å². The highest BCUT2D eigenvalue weighted by Gasteiger charge is 2.21. The number of aliphatic hydroxyl groups excluding tert-OH is 1. The molecule has 0 spiro atoms. The molecule has 114 valence electrons. The van der Waals surface area contributed by atoms with Crippen molar-refractivity contribution in [3.05, 3.63) is 11.9 Å². The fourth-order valence-corrected chi connectivity index (χ4v) is 2.55. The molecular formula is C14H27N5O. The molecular weight excluding hydrogens is 254 g/mol. The minimum atomic E-state index is 0.109. The third kappa shape index (κ3) is 3.80. The van der Waals surface area contributed by atoms with Gasteiger partial charge in [-0.15, -0.1) is 0 Å². The maximum Gasteiger partial charge on any atom is 0.148 e. The summed E-state index contributed by atoms with van der Waals surface area (Å²) in [7, 11) is 0. The third-order valence-electron chi connectivity index (χ3n) is 3.56. The maximum absolute atomic E-state index is 9.36. The Bertz CT molecular complexity index is 395. The molecule has 0 aliphatic rings. The molecule has 1 rings (SSSR count). The van der Waals surface area contributed by atoms with Crippen LogP contribution in [0.15, 0.2) is 6.33 Å². The second kappa shape index (κ2) is 8.71. The van der Waals surface area contributed by atoms with Crippen LogP contribution >= 0.6 is 0 Å². The average Bonchev–Trinajstić information content (AvgIpc) is 2.48. The Morgan fingerprint density at radius 1 is 1.30 bits per heavy atom. The number of nitrogens with one attached hydrogen (secondary N) is 1. The molecule has 1 heterocycles. The van der Waals surface area contributed by atoms with E-state index in [2.05, 4.69) is 41.1 Å². The highest BCUT2D eigenvalue weighted by atomic mass is 16.3. The number of nitrogens with zero attached hydrogens (tertiary/aromatic N) is 3. The molecule has 4 N–H and O–H groups in total. The minimum Gasteiger partial charge on any atom is -0.395 e. The van der Waals surface area contributed by atoms with E-state index in [0.717, 1.165) is 37.1 Å². The van der Waals surface area contributed by atoms with Crippen molar-refractivity contribution in [1.29, 1.82) is 0 Å². The van der Waals surface area contributed by atoms with Gasteiger partial charge in [-0.05, 0) is 19.3 Å². The van der Waals surface area contributed by atoms with E-state index in [-0.39, 0.29) is 6.61 Å². The van der Waals surface area contributed by atoms with E-state index in [1.165, 1.54) is 6.33 Å². The van der Waals surface area contributed by atoms with E-state index in [1.54, 1.807) is 0 Å². The summed E-state index contributed by atoms with van der Waals surface area (Å²) in [5.74, 6) is 7.12. The second-order valence-corrected chi connectivity index (χ2v) is 4.81. The lowest BCUT2D eigenvalue weighted by Gasteiger charge is -2.32. The van der Waals surface area contributed by atoms with E-state index in [9.17, 15) is 5.11 Å². The van der Waals surface area contributed by atoms with Gasteiger partial charge >= 0.3 is 0 Å². The number of aromatic nitrogens is 2. The smallest absolute Gasteiger partial charge is 0.148 e. The molecule has 0 saturated carbocycles. The first-order valence-electron chi connectivity index (χ1n) is 7.41. The number of hydrogen-bond donors (Lipinski definition) is 3. The standard InChI is InChI=1S/C14H27N5O/c1-4-7-12-13(18-15)16-10-17-14(12)19(8-9-20)11(5-2)6-3/h10-11,20H,4-9,15H2,1-3H3,(H,16,17,18). The van der Waals surface area contributed by atoms with Crippen molar-refractivity contribution in [3.63, 3.8) is 0 Å². The molecule has 0 unspecified atom stereocenters. The predicted molar refractivity (Wildman–Crippen MR) is 82.6 cm³/mol. The highest BCUT2D eigenvalue weighted by Crippen LogP contribution is 2.27. The summed E-state index contributed by atoms with van der Waals surface area (Å²) in [5.41, 5.74) is 3.68. The Morgan fingerprint density at radius 2 is 2.00 bits per heavy atom. The molecule has 0 bridgehead atoms. The average molecular weight is 281 g/mol. The van der Waals surface area contributed by atoms with Crippen molar-refractivity contribution >= 4 is 11.6 Å². The molecule has 0 atom stereocenters. The fourth-order valence-electron chi connectivity index (χ4n) is 2.55. The molecule has 0 radical (unpaired) electrons. The summed E-state index contributed by atoms with van der Waals surface area (Å²) in [5, 5.41) is 9.36. The molecule has 6 nitrogen and oxygen atoms in total. The monoisotopic (exact) mass is 281 g/mol. The largest absolute Gasteiger partial charge is 0.395 e. The fraction of sp³-hybridized carbons (Fsp3) is 0.714. The number of rotatable bonds is 9. The number of anilines is 2. The van der Waals surface area contributed by atoms with Crippen molar-refractivity contribution in [3.8, 4) is 0 Å². The second-order valence-electron chi connectivity index (χ2n) is 4.81. The van der Waals surface area contributed by atoms with Gasteiger partial charge < -0.3 is 15.4 Å². The zero-order chi connectivity index (χ0) is 15.0. The summed E-state index contributed by atoms with van der Waals surface area (Å²) in [6.45, 7) is 7.11. The van der Waals surface area contributed by atoms with Crippen molar-refractivity contribution in [2.75, 3.05) is 23.5 Å². The van der Waals surface area contributed by atoms with Crippen molar-refractivity contribution in [1.82, 2.24) is 9.97 Å². The zero-order valence-corrected chi connectivity index (χ0v) is 12.8. The van der Waals surface area contributed by atoms with Crippen LogP contribution in [0.5, 0.6) is 0 Å². The van der Waals surface area contributed by atoms with Gasteiger partial charge in [-0.2, -0.15) is 0 Å². The molecule has 1 aromatic heterocycles. The van der Waals surface area contributed by atoms with Crippen LogP contribution in [-0.2, 0) is 6.42 Å². The normalized spacial score (nSPS) is 10.9. The van der Waals surface area contributed by atoms with Crippen LogP contribution in [-0.4, -0.2) is 34.3 Å². The van der Waals surface area contributed by atoms with Gasteiger partial charge in [-0.1, -0.05) is 27.2 Å². The summed E-state index contributed by atoms with van der Waals surface area (Å²) in [6.07, 6.45) is 5.40. The summed E-state index contributed by atoms with van der Waals surface area (Å²) in [6, 6.07) is 0.360. The van der Waals surface area contributed by atoms with Gasteiger partial charge in [0, 0.05) is 18.2 Å². The Kier molecular flexibility index (Phi) is 7.25. The van der Waals surface area contributed by atoms with Crippen LogP contribution in [0.25, 0.3) is 0 Å². The van der Waals surface area contributed by atoms with Gasteiger partial charge in [0.15, 0.2) is 0 Å². The van der Waals surface area contributed by atoms with Crippen LogP contribution in [0, 0.1) is 0 Å². The highest BCUT2D eigenvalue weighted by molar-refractivity contribution is 5.59. The molecule has 0 aliphatic carbocycles.